The SMILES string of the molecule is Cc1nn(C)cc1CN1CCCC(N(C)c2ccncn2)C1. The van der Waals surface area contributed by atoms with Gasteiger partial charge in [0.2, 0.25) is 0 Å². The molecule has 0 aliphatic carbocycles. The lowest BCUT2D eigenvalue weighted by Gasteiger charge is -2.38. The van der Waals surface area contributed by atoms with E-state index in [1.165, 1.54) is 18.4 Å². The summed E-state index contributed by atoms with van der Waals surface area (Å²) in [5, 5.41) is 4.44. The van der Waals surface area contributed by atoms with Crippen molar-refractivity contribution in [2.45, 2.75) is 32.4 Å². The molecule has 3 rings (SSSR count). The molecule has 1 fully saturated rings. The summed E-state index contributed by atoms with van der Waals surface area (Å²) in [4.78, 5) is 13.2. The molecule has 0 saturated carbocycles. The van der Waals surface area contributed by atoms with E-state index in [1.54, 1.807) is 12.5 Å². The summed E-state index contributed by atoms with van der Waals surface area (Å²) in [5.74, 6) is 0.999. The normalized spacial score (nSPS) is 19.3. The molecular formula is C16H24N6. The van der Waals surface area contributed by atoms with Crippen molar-refractivity contribution in [1.29, 1.82) is 0 Å². The first-order valence-corrected chi connectivity index (χ1v) is 7.84. The fourth-order valence-corrected chi connectivity index (χ4v) is 3.22. The van der Waals surface area contributed by atoms with Crippen LogP contribution in [-0.4, -0.2) is 50.8 Å². The number of nitrogens with zero attached hydrogens (tertiary/aromatic N) is 6. The fourth-order valence-electron chi connectivity index (χ4n) is 3.22. The van der Waals surface area contributed by atoms with Crippen molar-refractivity contribution in [3.05, 3.63) is 36.0 Å². The predicted octanol–water partition coefficient (Wildman–Crippen LogP) is 1.62. The van der Waals surface area contributed by atoms with E-state index >= 15 is 0 Å². The second-order valence-electron chi connectivity index (χ2n) is 6.12. The van der Waals surface area contributed by atoms with Gasteiger partial charge in [0, 0.05) is 51.2 Å². The minimum atomic E-state index is 0.501. The van der Waals surface area contributed by atoms with Gasteiger partial charge >= 0.3 is 0 Å². The topological polar surface area (TPSA) is 50.1 Å². The Morgan fingerprint density at radius 3 is 2.95 bits per heavy atom. The van der Waals surface area contributed by atoms with E-state index in [0.717, 1.165) is 31.1 Å². The first-order valence-electron chi connectivity index (χ1n) is 7.84. The molecule has 1 aliphatic rings. The van der Waals surface area contributed by atoms with Crippen molar-refractivity contribution >= 4 is 5.82 Å². The van der Waals surface area contributed by atoms with E-state index in [-0.39, 0.29) is 0 Å². The minimum absolute atomic E-state index is 0.501. The Morgan fingerprint density at radius 1 is 1.41 bits per heavy atom. The van der Waals surface area contributed by atoms with Gasteiger partial charge in [0.1, 0.15) is 12.1 Å². The summed E-state index contributed by atoms with van der Waals surface area (Å²) < 4.78 is 1.90. The minimum Gasteiger partial charge on any atom is -0.355 e. The third-order valence-electron chi connectivity index (χ3n) is 4.47. The lowest BCUT2D eigenvalue weighted by Crippen LogP contribution is -2.46. The lowest BCUT2D eigenvalue weighted by molar-refractivity contribution is 0.198. The van der Waals surface area contributed by atoms with Crippen molar-refractivity contribution in [1.82, 2.24) is 24.6 Å². The molecule has 1 unspecified atom stereocenters. The van der Waals surface area contributed by atoms with Gasteiger partial charge in [-0.15, -0.1) is 0 Å². The van der Waals surface area contributed by atoms with Crippen molar-refractivity contribution in [3.8, 4) is 0 Å². The summed E-state index contributed by atoms with van der Waals surface area (Å²) in [5.41, 5.74) is 2.46. The summed E-state index contributed by atoms with van der Waals surface area (Å²) in [6.45, 7) is 5.29. The molecule has 1 saturated heterocycles. The highest BCUT2D eigenvalue weighted by molar-refractivity contribution is 5.37. The van der Waals surface area contributed by atoms with Gasteiger partial charge < -0.3 is 4.90 Å². The van der Waals surface area contributed by atoms with E-state index in [1.807, 2.05) is 17.8 Å². The molecule has 1 aliphatic heterocycles. The van der Waals surface area contributed by atoms with Crippen molar-refractivity contribution in [2.24, 2.45) is 7.05 Å². The number of aryl methyl sites for hydroxylation is 2. The highest BCUT2D eigenvalue weighted by Crippen LogP contribution is 2.21. The molecule has 0 aromatic carbocycles. The van der Waals surface area contributed by atoms with Crippen LogP contribution in [0.1, 0.15) is 24.1 Å². The van der Waals surface area contributed by atoms with Gasteiger partial charge in [-0.05, 0) is 32.4 Å². The molecule has 0 amide bonds. The van der Waals surface area contributed by atoms with Gasteiger partial charge in [-0.25, -0.2) is 9.97 Å². The highest BCUT2D eigenvalue weighted by atomic mass is 15.3. The maximum atomic E-state index is 4.44. The number of likely N-dealkylation sites (tertiary alicyclic amines) is 1. The molecule has 0 radical (unpaired) electrons. The van der Waals surface area contributed by atoms with E-state index in [2.05, 4.69) is 45.0 Å². The second-order valence-corrected chi connectivity index (χ2v) is 6.12. The van der Waals surface area contributed by atoms with Crippen LogP contribution in [0.3, 0.4) is 0 Å². The standard InChI is InChI=1S/C16H24N6/c1-13-14(9-20(2)19-13)10-22-8-4-5-15(11-22)21(3)16-6-7-17-12-18-16/h6-7,9,12,15H,4-5,8,10-11H2,1-3H3. The van der Waals surface area contributed by atoms with Crippen LogP contribution in [0.2, 0.25) is 0 Å². The van der Waals surface area contributed by atoms with Gasteiger partial charge in [0.25, 0.3) is 0 Å². The Hall–Kier alpha value is -1.95. The smallest absolute Gasteiger partial charge is 0.131 e. The zero-order valence-electron chi connectivity index (χ0n) is 13.6. The Bertz CT molecular complexity index is 608. The first kappa shape index (κ1) is 15.0. The maximum absolute atomic E-state index is 4.44. The quantitative estimate of drug-likeness (QED) is 0.859. The van der Waals surface area contributed by atoms with Crippen LogP contribution in [0.4, 0.5) is 5.82 Å². The zero-order chi connectivity index (χ0) is 15.5. The molecule has 118 valence electrons. The van der Waals surface area contributed by atoms with Crippen LogP contribution in [0.5, 0.6) is 0 Å². The molecule has 0 bridgehead atoms. The summed E-state index contributed by atoms with van der Waals surface area (Å²) in [7, 11) is 4.12. The van der Waals surface area contributed by atoms with E-state index < -0.39 is 0 Å². The Labute approximate surface area is 131 Å². The van der Waals surface area contributed by atoms with Gasteiger partial charge in [-0.3, -0.25) is 9.58 Å². The van der Waals surface area contributed by atoms with E-state index in [4.69, 9.17) is 0 Å². The number of hydrogen-bond donors (Lipinski definition) is 0. The van der Waals surface area contributed by atoms with Gasteiger partial charge in [-0.2, -0.15) is 5.10 Å². The number of rotatable bonds is 4. The van der Waals surface area contributed by atoms with Crippen LogP contribution in [0, 0.1) is 6.92 Å². The average Bonchev–Trinajstić information content (AvgIpc) is 2.85. The Morgan fingerprint density at radius 2 is 2.27 bits per heavy atom. The van der Waals surface area contributed by atoms with Gasteiger partial charge in [-0.1, -0.05) is 0 Å². The van der Waals surface area contributed by atoms with Gasteiger partial charge in [0.15, 0.2) is 0 Å². The van der Waals surface area contributed by atoms with Crippen LogP contribution in [0.25, 0.3) is 0 Å². The highest BCUT2D eigenvalue weighted by Gasteiger charge is 2.24. The molecule has 2 aromatic heterocycles. The van der Waals surface area contributed by atoms with Crippen LogP contribution >= 0.6 is 0 Å². The van der Waals surface area contributed by atoms with E-state index in [9.17, 15) is 0 Å². The van der Waals surface area contributed by atoms with Crippen LogP contribution in [0.15, 0.2) is 24.8 Å². The fraction of sp³-hybridized carbons (Fsp3) is 0.562. The molecule has 6 heteroatoms. The molecule has 0 spiro atoms. The molecule has 6 nitrogen and oxygen atoms in total. The average molecular weight is 300 g/mol. The lowest BCUT2D eigenvalue weighted by atomic mass is 10.0. The molecule has 22 heavy (non-hydrogen) atoms. The van der Waals surface area contributed by atoms with Crippen LogP contribution < -0.4 is 4.90 Å². The number of likely N-dealkylation sites (N-methyl/N-ethyl adjacent to an activating group) is 1. The van der Waals surface area contributed by atoms with Crippen molar-refractivity contribution in [2.75, 3.05) is 25.0 Å². The molecule has 3 heterocycles. The van der Waals surface area contributed by atoms with Crippen molar-refractivity contribution < 1.29 is 0 Å². The summed E-state index contributed by atoms with van der Waals surface area (Å²) in [6.07, 6.45) is 7.99. The monoisotopic (exact) mass is 300 g/mol. The van der Waals surface area contributed by atoms with Crippen LogP contribution in [-0.2, 0) is 13.6 Å². The predicted molar refractivity (Wildman–Crippen MR) is 86.7 cm³/mol. The molecule has 2 aromatic rings. The molecule has 1 atom stereocenters. The summed E-state index contributed by atoms with van der Waals surface area (Å²) >= 11 is 0. The zero-order valence-corrected chi connectivity index (χ0v) is 13.6. The van der Waals surface area contributed by atoms with E-state index in [0.29, 0.717) is 6.04 Å². The second kappa shape index (κ2) is 6.44. The maximum Gasteiger partial charge on any atom is 0.131 e. The number of aromatic nitrogens is 4. The number of piperidine rings is 1. The van der Waals surface area contributed by atoms with Gasteiger partial charge in [0.05, 0.1) is 5.69 Å². The largest absolute Gasteiger partial charge is 0.355 e. The summed E-state index contributed by atoms with van der Waals surface area (Å²) in [6, 6.07) is 2.48. The number of anilines is 1. The third kappa shape index (κ3) is 3.27. The molecular weight excluding hydrogens is 276 g/mol. The number of hydrogen-bond acceptors (Lipinski definition) is 5. The Balaban J connectivity index is 1.65. The molecule has 0 N–H and O–H groups in total. The Kier molecular flexibility index (Phi) is 4.38. The third-order valence-corrected chi connectivity index (χ3v) is 4.47. The first-order chi connectivity index (χ1) is 10.6. The van der Waals surface area contributed by atoms with Crippen molar-refractivity contribution in [3.63, 3.8) is 0 Å².